The smallest absolute Gasteiger partial charge is 0.143 e. The monoisotopic (exact) mass is 146 g/mol. The Morgan fingerprint density at radius 2 is 2.36 bits per heavy atom. The maximum Gasteiger partial charge on any atom is 0.143 e. The van der Waals surface area contributed by atoms with Gasteiger partial charge >= 0.3 is 0 Å². The predicted octanol–water partition coefficient (Wildman–Crippen LogP) is 1.82. The molecule has 56 valence electrons. The summed E-state index contributed by atoms with van der Waals surface area (Å²) in [5.74, 6) is 0. The lowest BCUT2D eigenvalue weighted by atomic mass is 10.1. The van der Waals surface area contributed by atoms with Gasteiger partial charge < -0.3 is 0 Å². The number of aromatic nitrogens is 1. The standard InChI is InChI=1S/C9H10N2/c1-3-8-7(2)4-5-11-9(8)6-10/h4-5H,3H2,1-2H3. The minimum Gasteiger partial charge on any atom is -0.245 e. The first-order valence-corrected chi connectivity index (χ1v) is 3.64. The largest absolute Gasteiger partial charge is 0.245 e. The Balaban J connectivity index is 3.27. The van der Waals surface area contributed by atoms with Crippen LogP contribution >= 0.6 is 0 Å². The fourth-order valence-electron chi connectivity index (χ4n) is 1.13. The van der Waals surface area contributed by atoms with E-state index in [1.807, 2.05) is 19.9 Å². The maximum absolute atomic E-state index is 8.66. The first-order chi connectivity index (χ1) is 5.29. The fraction of sp³-hybridized carbons (Fsp3) is 0.333. The van der Waals surface area contributed by atoms with Crippen LogP contribution in [0, 0.1) is 18.3 Å². The van der Waals surface area contributed by atoms with Gasteiger partial charge in [0.1, 0.15) is 11.8 Å². The summed E-state index contributed by atoms with van der Waals surface area (Å²) in [6.45, 7) is 4.03. The average molecular weight is 146 g/mol. The van der Waals surface area contributed by atoms with E-state index in [1.165, 1.54) is 0 Å². The van der Waals surface area contributed by atoms with E-state index in [2.05, 4.69) is 11.1 Å². The Morgan fingerprint density at radius 3 is 2.82 bits per heavy atom. The van der Waals surface area contributed by atoms with Crippen LogP contribution in [0.25, 0.3) is 0 Å². The summed E-state index contributed by atoms with van der Waals surface area (Å²) in [7, 11) is 0. The third-order valence-corrected chi connectivity index (χ3v) is 1.75. The zero-order valence-electron chi connectivity index (χ0n) is 6.76. The normalized spacial score (nSPS) is 9.18. The van der Waals surface area contributed by atoms with Gasteiger partial charge in [-0.05, 0) is 30.5 Å². The van der Waals surface area contributed by atoms with Crippen LogP contribution in [0.4, 0.5) is 0 Å². The molecule has 0 amide bonds. The molecule has 1 aromatic heterocycles. The van der Waals surface area contributed by atoms with Gasteiger partial charge in [-0.1, -0.05) is 6.92 Å². The quantitative estimate of drug-likeness (QED) is 0.606. The minimum atomic E-state index is 0.563. The van der Waals surface area contributed by atoms with Crippen molar-refractivity contribution in [3.05, 3.63) is 29.1 Å². The van der Waals surface area contributed by atoms with E-state index in [-0.39, 0.29) is 0 Å². The summed E-state index contributed by atoms with van der Waals surface area (Å²) >= 11 is 0. The lowest BCUT2D eigenvalue weighted by molar-refractivity contribution is 1.05. The maximum atomic E-state index is 8.66. The molecule has 0 saturated carbocycles. The molecular formula is C9H10N2. The second-order valence-electron chi connectivity index (χ2n) is 2.42. The highest BCUT2D eigenvalue weighted by molar-refractivity contribution is 5.36. The molecule has 0 atom stereocenters. The van der Waals surface area contributed by atoms with Gasteiger partial charge in [-0.15, -0.1) is 0 Å². The molecule has 1 aromatic rings. The number of pyridine rings is 1. The summed E-state index contributed by atoms with van der Waals surface area (Å²) in [6, 6.07) is 4.01. The molecular weight excluding hydrogens is 136 g/mol. The number of hydrogen-bond acceptors (Lipinski definition) is 2. The number of hydrogen-bond donors (Lipinski definition) is 0. The second-order valence-corrected chi connectivity index (χ2v) is 2.42. The number of rotatable bonds is 1. The molecule has 0 bridgehead atoms. The van der Waals surface area contributed by atoms with E-state index in [4.69, 9.17) is 5.26 Å². The van der Waals surface area contributed by atoms with Crippen LogP contribution in [-0.4, -0.2) is 4.98 Å². The van der Waals surface area contributed by atoms with Crippen LogP contribution in [0.5, 0.6) is 0 Å². The van der Waals surface area contributed by atoms with Crippen LogP contribution < -0.4 is 0 Å². The summed E-state index contributed by atoms with van der Waals surface area (Å²) in [4.78, 5) is 3.97. The van der Waals surface area contributed by atoms with Crippen molar-refractivity contribution in [2.45, 2.75) is 20.3 Å². The molecule has 1 heterocycles. The van der Waals surface area contributed by atoms with Gasteiger partial charge in [-0.2, -0.15) is 5.26 Å². The van der Waals surface area contributed by atoms with E-state index in [0.29, 0.717) is 5.69 Å². The van der Waals surface area contributed by atoms with Gasteiger partial charge in [0.2, 0.25) is 0 Å². The van der Waals surface area contributed by atoms with Crippen LogP contribution in [0.1, 0.15) is 23.7 Å². The van der Waals surface area contributed by atoms with Gasteiger partial charge in [0, 0.05) is 6.20 Å². The number of nitrogens with zero attached hydrogens (tertiary/aromatic N) is 2. The van der Waals surface area contributed by atoms with Crippen molar-refractivity contribution in [2.24, 2.45) is 0 Å². The molecule has 0 saturated heterocycles. The van der Waals surface area contributed by atoms with Gasteiger partial charge in [-0.3, -0.25) is 0 Å². The Morgan fingerprint density at radius 1 is 1.64 bits per heavy atom. The predicted molar refractivity (Wildman–Crippen MR) is 43.1 cm³/mol. The lowest BCUT2D eigenvalue weighted by Gasteiger charge is -2.01. The lowest BCUT2D eigenvalue weighted by Crippen LogP contribution is -1.94. The van der Waals surface area contributed by atoms with Crippen molar-refractivity contribution in [3.63, 3.8) is 0 Å². The first-order valence-electron chi connectivity index (χ1n) is 3.64. The van der Waals surface area contributed by atoms with Gasteiger partial charge in [-0.25, -0.2) is 4.98 Å². The van der Waals surface area contributed by atoms with Crippen LogP contribution in [0.15, 0.2) is 12.3 Å². The first kappa shape index (κ1) is 7.74. The SMILES string of the molecule is CCc1c(C)ccnc1C#N. The molecule has 0 radical (unpaired) electrons. The minimum absolute atomic E-state index is 0.563. The van der Waals surface area contributed by atoms with Crippen molar-refractivity contribution in [3.8, 4) is 6.07 Å². The number of nitriles is 1. The zero-order valence-corrected chi connectivity index (χ0v) is 6.76. The molecule has 0 unspecified atom stereocenters. The molecule has 0 aliphatic carbocycles. The highest BCUT2D eigenvalue weighted by atomic mass is 14.7. The van der Waals surface area contributed by atoms with Gasteiger partial charge in [0.25, 0.3) is 0 Å². The van der Waals surface area contributed by atoms with E-state index < -0.39 is 0 Å². The van der Waals surface area contributed by atoms with E-state index >= 15 is 0 Å². The van der Waals surface area contributed by atoms with E-state index in [9.17, 15) is 0 Å². The Bertz CT molecular complexity index is 297. The van der Waals surface area contributed by atoms with Crippen molar-refractivity contribution in [1.82, 2.24) is 4.98 Å². The number of aryl methyl sites for hydroxylation is 1. The third-order valence-electron chi connectivity index (χ3n) is 1.75. The highest BCUT2D eigenvalue weighted by Crippen LogP contribution is 2.10. The van der Waals surface area contributed by atoms with Crippen LogP contribution in [-0.2, 0) is 6.42 Å². The van der Waals surface area contributed by atoms with Crippen molar-refractivity contribution in [1.29, 1.82) is 5.26 Å². The highest BCUT2D eigenvalue weighted by Gasteiger charge is 2.02. The summed E-state index contributed by atoms with van der Waals surface area (Å²) < 4.78 is 0. The Labute approximate surface area is 66.5 Å². The molecule has 0 N–H and O–H groups in total. The average Bonchev–Trinajstić information content (AvgIpc) is 2.04. The Kier molecular flexibility index (Phi) is 2.22. The summed E-state index contributed by atoms with van der Waals surface area (Å²) in [5, 5.41) is 8.66. The van der Waals surface area contributed by atoms with Crippen molar-refractivity contribution in [2.75, 3.05) is 0 Å². The third kappa shape index (κ3) is 1.38. The van der Waals surface area contributed by atoms with E-state index in [0.717, 1.165) is 17.5 Å². The molecule has 1 rings (SSSR count). The van der Waals surface area contributed by atoms with Crippen LogP contribution in [0.3, 0.4) is 0 Å². The Hall–Kier alpha value is -1.36. The molecule has 11 heavy (non-hydrogen) atoms. The van der Waals surface area contributed by atoms with Crippen LogP contribution in [0.2, 0.25) is 0 Å². The summed E-state index contributed by atoms with van der Waals surface area (Å²) in [5.41, 5.74) is 2.78. The van der Waals surface area contributed by atoms with Crippen molar-refractivity contribution >= 4 is 0 Å². The zero-order chi connectivity index (χ0) is 8.27. The molecule has 2 heteroatoms. The van der Waals surface area contributed by atoms with E-state index in [1.54, 1.807) is 6.20 Å². The molecule has 0 aliphatic rings. The molecule has 0 fully saturated rings. The van der Waals surface area contributed by atoms with Gasteiger partial charge in [0.05, 0.1) is 0 Å². The molecule has 0 aromatic carbocycles. The summed E-state index contributed by atoms with van der Waals surface area (Å²) in [6.07, 6.45) is 2.55. The van der Waals surface area contributed by atoms with Gasteiger partial charge in [0.15, 0.2) is 0 Å². The molecule has 2 nitrogen and oxygen atoms in total. The molecule has 0 spiro atoms. The van der Waals surface area contributed by atoms with Crippen molar-refractivity contribution < 1.29 is 0 Å². The fourth-order valence-corrected chi connectivity index (χ4v) is 1.13. The molecule has 0 aliphatic heterocycles. The second kappa shape index (κ2) is 3.16. The topological polar surface area (TPSA) is 36.7 Å².